The molecule has 1 amide bonds. The van der Waals surface area contributed by atoms with E-state index in [1.807, 2.05) is 62.3 Å². The number of amides is 1. The molecule has 0 unspecified atom stereocenters. The van der Waals surface area contributed by atoms with Crippen molar-refractivity contribution in [2.45, 2.75) is 98.8 Å². The fourth-order valence-corrected chi connectivity index (χ4v) is 24.0. The average Bonchev–Trinajstić information content (AvgIpc) is 3.19. The van der Waals surface area contributed by atoms with Crippen LogP contribution in [0.15, 0.2) is 54.6 Å². The zero-order chi connectivity index (χ0) is 38.7. The summed E-state index contributed by atoms with van der Waals surface area (Å²) < 4.78 is 6.05. The van der Waals surface area contributed by atoms with Crippen molar-refractivity contribution in [1.29, 1.82) is 0 Å². The molecule has 3 aromatic carbocycles. The van der Waals surface area contributed by atoms with Gasteiger partial charge in [-0.3, -0.25) is 4.79 Å². The minimum atomic E-state index is -2.43. The van der Waals surface area contributed by atoms with Gasteiger partial charge in [0.2, 0.25) is 5.95 Å². The van der Waals surface area contributed by atoms with Gasteiger partial charge in [0.25, 0.3) is 5.91 Å². The van der Waals surface area contributed by atoms with Gasteiger partial charge in [-0.2, -0.15) is 4.98 Å². The van der Waals surface area contributed by atoms with E-state index in [1.165, 1.54) is 58.3 Å². The predicted molar refractivity (Wildman–Crippen MR) is 231 cm³/mol. The maximum Gasteiger partial charge on any atom is 0.254 e. The van der Waals surface area contributed by atoms with Crippen LogP contribution in [0.3, 0.4) is 0 Å². The second-order valence-electron chi connectivity index (χ2n) is 14.8. The Hall–Kier alpha value is -4.19. The molecule has 0 bridgehead atoms. The van der Waals surface area contributed by atoms with Gasteiger partial charge in [0.15, 0.2) is 0 Å². The summed E-state index contributed by atoms with van der Waals surface area (Å²) in [7, 11) is 3.70. The molecule has 2 aromatic heterocycles. The third-order valence-corrected chi connectivity index (χ3v) is 26.6. The largest absolute Gasteiger partial charge is 0.372 e. The summed E-state index contributed by atoms with van der Waals surface area (Å²) in [5.74, 6) is 2.22. The fraction of sp³-hybridized carbons (Fsp3) is 0.465. The average molecular weight is 839 g/mol. The first-order valence-electron chi connectivity index (χ1n) is 20.1. The molecule has 0 atom stereocenters. The van der Waals surface area contributed by atoms with E-state index < -0.39 is 18.4 Å². The van der Waals surface area contributed by atoms with Crippen LogP contribution in [0.5, 0.6) is 0 Å². The molecule has 1 fully saturated rings. The van der Waals surface area contributed by atoms with Crippen molar-refractivity contribution in [3.63, 3.8) is 0 Å². The summed E-state index contributed by atoms with van der Waals surface area (Å²) in [5, 5.41) is 8.20. The Morgan fingerprint density at radius 2 is 1.26 bits per heavy atom. The number of carbonyl (C=O) groups is 1. The molecule has 5 aromatic rings. The van der Waals surface area contributed by atoms with Crippen molar-refractivity contribution in [3.05, 3.63) is 65.7 Å². The molecule has 11 heteroatoms. The number of unbranched alkanes of at least 4 members (excludes halogenated alkanes) is 3. The second kappa shape index (κ2) is 19.4. The Labute approximate surface area is 326 Å². The van der Waals surface area contributed by atoms with Crippen molar-refractivity contribution in [2.24, 2.45) is 0 Å². The van der Waals surface area contributed by atoms with E-state index in [0.717, 1.165) is 75.8 Å². The summed E-state index contributed by atoms with van der Waals surface area (Å²) in [4.78, 5) is 32.7. The first kappa shape index (κ1) is 41.0. The van der Waals surface area contributed by atoms with Gasteiger partial charge in [0.1, 0.15) is 5.82 Å². The van der Waals surface area contributed by atoms with Crippen LogP contribution in [0.2, 0.25) is 13.3 Å². The first-order chi connectivity index (χ1) is 26.2. The number of hydrogen-bond acceptors (Lipinski definition) is 9. The molecule has 54 heavy (non-hydrogen) atoms. The number of anilines is 4. The topological polar surface area (TPSA) is 148 Å². The number of aromatic nitrogens is 4. The smallest absolute Gasteiger partial charge is 0.254 e. The zero-order valence-electron chi connectivity index (χ0n) is 33.4. The normalized spacial score (nSPS) is 13.1. The number of piperidine rings is 1. The summed E-state index contributed by atoms with van der Waals surface area (Å²) in [6, 6.07) is 18.9. The van der Waals surface area contributed by atoms with Crippen LogP contribution >= 0.6 is 0 Å². The number of nitrogens with one attached hydrogen (secondary N) is 2. The van der Waals surface area contributed by atoms with Crippen LogP contribution in [-0.2, 0) is 0 Å². The van der Waals surface area contributed by atoms with Gasteiger partial charge in [-0.1, -0.05) is 18.2 Å². The van der Waals surface area contributed by atoms with E-state index in [1.54, 1.807) is 3.58 Å². The second-order valence-corrected chi connectivity index (χ2v) is 28.0. The molecular weight excluding hydrogens is 777 g/mol. The number of nitrogens with zero attached hydrogens (tertiary/aromatic N) is 5. The number of fused-ring (bicyclic) bond motifs is 2. The minimum absolute atomic E-state index is 0.108. The Morgan fingerprint density at radius 1 is 0.722 bits per heavy atom. The molecule has 6 N–H and O–H groups in total. The van der Waals surface area contributed by atoms with Crippen LogP contribution in [-0.4, -0.2) is 76.3 Å². The quantitative estimate of drug-likeness (QED) is 0.0804. The third-order valence-electron chi connectivity index (χ3n) is 11.0. The van der Waals surface area contributed by atoms with E-state index in [-0.39, 0.29) is 11.9 Å². The number of nitrogen functional groups attached to an aromatic ring is 2. The summed E-state index contributed by atoms with van der Waals surface area (Å²) in [6.45, 7) is 10.7. The van der Waals surface area contributed by atoms with Crippen LogP contribution in [0, 0.1) is 6.92 Å². The molecule has 1 aliphatic rings. The van der Waals surface area contributed by atoms with Crippen molar-refractivity contribution in [3.8, 4) is 11.1 Å². The third kappa shape index (κ3) is 9.54. The summed E-state index contributed by atoms with van der Waals surface area (Å²) in [5.41, 5.74) is 17.3. The monoisotopic (exact) mass is 839 g/mol. The van der Waals surface area contributed by atoms with Gasteiger partial charge in [-0.15, -0.1) is 0 Å². The van der Waals surface area contributed by atoms with Crippen molar-refractivity contribution >= 4 is 73.2 Å². The number of aryl methyl sites for hydroxylation is 1. The number of carbonyl (C=O) groups excluding carboxylic acids is 1. The van der Waals surface area contributed by atoms with Gasteiger partial charge in [-0.25, -0.2) is 4.98 Å². The van der Waals surface area contributed by atoms with Gasteiger partial charge < -0.3 is 16.0 Å². The molecule has 288 valence electrons. The van der Waals surface area contributed by atoms with Crippen LogP contribution in [0.1, 0.15) is 94.5 Å². The first-order valence-corrected chi connectivity index (χ1v) is 27.6. The Bertz CT molecular complexity index is 2010. The molecule has 6 rings (SSSR count). The van der Waals surface area contributed by atoms with E-state index in [9.17, 15) is 4.79 Å². The molecule has 3 heterocycles. The van der Waals surface area contributed by atoms with Crippen LogP contribution in [0.25, 0.3) is 32.9 Å². The standard InChI is InChI=1S/C22H25N5O.C9H9N4.3C4H9.Sn/c1-14-7-6-8-17(21(28)27-11-4-3-5-12-27)19(14)15-9-10-16-18(13-15)25-22(23)26-20(16)24-2;1-11-8-6-4-2-3-5-7(6)12-9(10)13-8;3*1-3-4-2;/h6-10,13H,3-5,11-12H2,1-2H3,(H3,23,24,25,26);2,4-5H,1H3,(H3,10,11,12,13);3*1,3-4H2,2H3;. The molecule has 1 aliphatic heterocycles. The summed E-state index contributed by atoms with van der Waals surface area (Å²) in [6.07, 6.45) is 11.3. The van der Waals surface area contributed by atoms with Gasteiger partial charge in [-0.05, 0) is 61.1 Å². The van der Waals surface area contributed by atoms with Gasteiger partial charge in [0, 0.05) is 31.1 Å². The molecular formula is C43H61N9OSn. The number of likely N-dealkylation sites (tertiary alicyclic amines) is 1. The Morgan fingerprint density at radius 3 is 1.80 bits per heavy atom. The number of benzene rings is 3. The van der Waals surface area contributed by atoms with E-state index in [4.69, 9.17) is 11.5 Å². The fourth-order valence-electron chi connectivity index (χ4n) is 8.01. The van der Waals surface area contributed by atoms with E-state index >= 15 is 0 Å². The maximum atomic E-state index is 13.2. The predicted octanol–water partition coefficient (Wildman–Crippen LogP) is 9.17. The molecule has 0 radical (unpaired) electrons. The number of rotatable bonds is 14. The molecule has 0 aliphatic carbocycles. The summed E-state index contributed by atoms with van der Waals surface area (Å²) >= 11 is -2.43. The van der Waals surface area contributed by atoms with Crippen molar-refractivity contribution in [2.75, 3.05) is 49.3 Å². The maximum absolute atomic E-state index is 13.2. The number of nitrogens with two attached hydrogens (primary N) is 2. The van der Waals surface area contributed by atoms with Crippen molar-refractivity contribution < 1.29 is 4.79 Å². The van der Waals surface area contributed by atoms with E-state index in [2.05, 4.69) is 69.5 Å². The minimum Gasteiger partial charge on any atom is -0.372 e. The molecule has 10 nitrogen and oxygen atoms in total. The number of hydrogen-bond donors (Lipinski definition) is 4. The zero-order valence-corrected chi connectivity index (χ0v) is 36.2. The Balaban J connectivity index is 0.000000208. The molecule has 1 saturated heterocycles. The van der Waals surface area contributed by atoms with Gasteiger partial charge in [0.05, 0.1) is 5.52 Å². The molecule has 0 spiro atoms. The Kier molecular flexibility index (Phi) is 14.7. The molecule has 0 saturated carbocycles. The van der Waals surface area contributed by atoms with Crippen molar-refractivity contribution in [1.82, 2.24) is 24.8 Å². The SMILES string of the molecule is CCC[CH2][Sn]([CH2]CCC)([CH2]CCC)[c]1ccc2c(NC)nc(N)nc2c1.CNc1nc(N)nc2cc(-c3c(C)cccc3C(=O)N3CCCCC3)ccc12. The van der Waals surface area contributed by atoms with Crippen LogP contribution in [0.4, 0.5) is 23.5 Å². The van der Waals surface area contributed by atoms with Gasteiger partial charge >= 0.3 is 163 Å². The van der Waals surface area contributed by atoms with Crippen LogP contribution < -0.4 is 25.7 Å². The van der Waals surface area contributed by atoms with E-state index in [0.29, 0.717) is 11.8 Å².